The number of hydrogen-bond acceptors (Lipinski definition) is 2. The van der Waals surface area contributed by atoms with Crippen LogP contribution in [0.4, 0.5) is 0 Å². The molecule has 0 aromatic heterocycles. The standard InChI is InChI=1S/C14H27NS/c1-6-8-9-10-16-14(13(5)7-2)11-15-12(3)4/h9-10,12,15H,6-8,11H2,1-5H3/b10-9+,14-13+. The molecule has 0 atom stereocenters. The maximum atomic E-state index is 3.49. The van der Waals surface area contributed by atoms with Gasteiger partial charge in [0.25, 0.3) is 0 Å². The fourth-order valence-electron chi connectivity index (χ4n) is 1.15. The molecule has 0 saturated heterocycles. The number of rotatable bonds is 8. The van der Waals surface area contributed by atoms with Gasteiger partial charge in [0.2, 0.25) is 0 Å². The van der Waals surface area contributed by atoms with Crippen molar-refractivity contribution in [3.05, 3.63) is 22.0 Å². The lowest BCUT2D eigenvalue weighted by molar-refractivity contribution is 0.628. The van der Waals surface area contributed by atoms with Gasteiger partial charge in [0.05, 0.1) is 0 Å². The van der Waals surface area contributed by atoms with Crippen LogP contribution < -0.4 is 5.32 Å². The second-order valence-corrected chi connectivity index (χ2v) is 5.37. The Bertz CT molecular complexity index is 229. The highest BCUT2D eigenvalue weighted by Gasteiger charge is 2.01. The summed E-state index contributed by atoms with van der Waals surface area (Å²) in [5, 5.41) is 5.73. The Hall–Kier alpha value is -0.210. The molecule has 0 unspecified atom stereocenters. The Morgan fingerprint density at radius 3 is 2.50 bits per heavy atom. The average molecular weight is 241 g/mol. The lowest BCUT2D eigenvalue weighted by Crippen LogP contribution is -2.24. The van der Waals surface area contributed by atoms with E-state index >= 15 is 0 Å². The van der Waals surface area contributed by atoms with Gasteiger partial charge in [-0.1, -0.05) is 45.8 Å². The van der Waals surface area contributed by atoms with Crippen LogP contribution in [-0.2, 0) is 0 Å². The van der Waals surface area contributed by atoms with E-state index in [1.807, 2.05) is 11.8 Å². The van der Waals surface area contributed by atoms with Gasteiger partial charge in [-0.3, -0.25) is 0 Å². The number of allylic oxidation sites excluding steroid dienone is 2. The first-order valence-electron chi connectivity index (χ1n) is 6.35. The van der Waals surface area contributed by atoms with Crippen LogP contribution in [0.25, 0.3) is 0 Å². The summed E-state index contributed by atoms with van der Waals surface area (Å²) in [7, 11) is 0. The third-order valence-corrected chi connectivity index (χ3v) is 3.54. The first kappa shape index (κ1) is 15.8. The first-order chi connectivity index (χ1) is 7.61. The van der Waals surface area contributed by atoms with Gasteiger partial charge in [-0.05, 0) is 25.2 Å². The van der Waals surface area contributed by atoms with Gasteiger partial charge in [-0.15, -0.1) is 11.8 Å². The van der Waals surface area contributed by atoms with Crippen LogP contribution in [0.15, 0.2) is 22.0 Å². The monoisotopic (exact) mass is 241 g/mol. The summed E-state index contributed by atoms with van der Waals surface area (Å²) in [6.45, 7) is 12.0. The summed E-state index contributed by atoms with van der Waals surface area (Å²) in [5.74, 6) is 0. The van der Waals surface area contributed by atoms with Gasteiger partial charge in [0.15, 0.2) is 0 Å². The minimum Gasteiger partial charge on any atom is -0.310 e. The summed E-state index contributed by atoms with van der Waals surface area (Å²) in [6.07, 6.45) is 5.82. The van der Waals surface area contributed by atoms with Gasteiger partial charge in [-0.2, -0.15) is 0 Å². The Labute approximate surface area is 106 Å². The topological polar surface area (TPSA) is 12.0 Å². The summed E-state index contributed by atoms with van der Waals surface area (Å²) >= 11 is 1.87. The second kappa shape index (κ2) is 9.98. The van der Waals surface area contributed by atoms with Crippen molar-refractivity contribution in [3.63, 3.8) is 0 Å². The van der Waals surface area contributed by atoms with Crippen LogP contribution in [0.1, 0.15) is 53.9 Å². The fourth-order valence-corrected chi connectivity index (χ4v) is 2.06. The maximum Gasteiger partial charge on any atom is 0.0270 e. The van der Waals surface area contributed by atoms with E-state index in [2.05, 4.69) is 51.4 Å². The molecule has 0 aliphatic heterocycles. The van der Waals surface area contributed by atoms with Crippen molar-refractivity contribution < 1.29 is 0 Å². The van der Waals surface area contributed by atoms with Crippen molar-refractivity contribution in [2.75, 3.05) is 6.54 Å². The molecule has 1 N–H and O–H groups in total. The maximum absolute atomic E-state index is 3.49. The third-order valence-electron chi connectivity index (χ3n) is 2.44. The van der Waals surface area contributed by atoms with Crippen molar-refractivity contribution in [2.24, 2.45) is 0 Å². The molecule has 0 aliphatic rings. The fraction of sp³-hybridized carbons (Fsp3) is 0.714. The molecule has 0 spiro atoms. The van der Waals surface area contributed by atoms with Crippen LogP contribution in [0.5, 0.6) is 0 Å². The lowest BCUT2D eigenvalue weighted by Gasteiger charge is -2.12. The molecule has 94 valence electrons. The molecule has 0 aromatic carbocycles. The molecule has 16 heavy (non-hydrogen) atoms. The molecule has 2 heteroatoms. The van der Waals surface area contributed by atoms with E-state index in [4.69, 9.17) is 0 Å². The lowest BCUT2D eigenvalue weighted by atomic mass is 10.2. The minimum atomic E-state index is 0.555. The minimum absolute atomic E-state index is 0.555. The second-order valence-electron chi connectivity index (χ2n) is 4.37. The molecule has 0 fully saturated rings. The van der Waals surface area contributed by atoms with Crippen molar-refractivity contribution >= 4 is 11.8 Å². The van der Waals surface area contributed by atoms with Gasteiger partial charge in [0.1, 0.15) is 0 Å². The van der Waals surface area contributed by atoms with Gasteiger partial charge >= 0.3 is 0 Å². The molecule has 0 saturated carbocycles. The van der Waals surface area contributed by atoms with Crippen LogP contribution in [-0.4, -0.2) is 12.6 Å². The van der Waals surface area contributed by atoms with E-state index in [1.165, 1.54) is 23.3 Å². The van der Waals surface area contributed by atoms with E-state index < -0.39 is 0 Å². The van der Waals surface area contributed by atoms with E-state index in [0.717, 1.165) is 13.0 Å². The molecule has 0 aliphatic carbocycles. The van der Waals surface area contributed by atoms with E-state index in [0.29, 0.717) is 6.04 Å². The third kappa shape index (κ3) is 8.00. The number of unbranched alkanes of at least 4 members (excludes halogenated alkanes) is 1. The van der Waals surface area contributed by atoms with Gasteiger partial charge in [0, 0.05) is 17.5 Å². The zero-order valence-electron chi connectivity index (χ0n) is 11.5. The molecule has 1 nitrogen and oxygen atoms in total. The van der Waals surface area contributed by atoms with Crippen molar-refractivity contribution in [2.45, 2.75) is 59.9 Å². The van der Waals surface area contributed by atoms with E-state index in [-0.39, 0.29) is 0 Å². The number of thioether (sulfide) groups is 1. The zero-order chi connectivity index (χ0) is 12.4. The summed E-state index contributed by atoms with van der Waals surface area (Å²) < 4.78 is 0. The largest absolute Gasteiger partial charge is 0.310 e. The highest BCUT2D eigenvalue weighted by molar-refractivity contribution is 8.05. The van der Waals surface area contributed by atoms with Gasteiger partial charge in [-0.25, -0.2) is 0 Å². The normalized spacial score (nSPS) is 13.6. The molecule has 0 amide bonds. The summed E-state index contributed by atoms with van der Waals surface area (Å²) in [6, 6.07) is 0.555. The Balaban J connectivity index is 4.23. The highest BCUT2D eigenvalue weighted by atomic mass is 32.2. The molecule has 0 radical (unpaired) electrons. The summed E-state index contributed by atoms with van der Waals surface area (Å²) in [4.78, 5) is 1.48. The Kier molecular flexibility index (Phi) is 9.85. The van der Waals surface area contributed by atoms with Crippen molar-refractivity contribution in [1.82, 2.24) is 5.32 Å². The average Bonchev–Trinajstić information content (AvgIpc) is 2.27. The molecule has 0 bridgehead atoms. The quantitative estimate of drug-likeness (QED) is 0.660. The molecule has 0 aromatic rings. The summed E-state index contributed by atoms with van der Waals surface area (Å²) in [5.41, 5.74) is 1.50. The predicted octanol–water partition coefficient (Wildman–Crippen LogP) is 4.72. The van der Waals surface area contributed by atoms with Crippen molar-refractivity contribution in [3.8, 4) is 0 Å². The molecule has 0 heterocycles. The van der Waals surface area contributed by atoms with E-state index in [1.54, 1.807) is 0 Å². The van der Waals surface area contributed by atoms with Gasteiger partial charge < -0.3 is 5.32 Å². The Morgan fingerprint density at radius 1 is 1.31 bits per heavy atom. The van der Waals surface area contributed by atoms with Crippen LogP contribution in [0.3, 0.4) is 0 Å². The van der Waals surface area contributed by atoms with Crippen LogP contribution in [0, 0.1) is 0 Å². The molecular formula is C14H27NS. The van der Waals surface area contributed by atoms with E-state index in [9.17, 15) is 0 Å². The van der Waals surface area contributed by atoms with Crippen LogP contribution in [0.2, 0.25) is 0 Å². The smallest absolute Gasteiger partial charge is 0.0270 e. The van der Waals surface area contributed by atoms with Crippen molar-refractivity contribution in [1.29, 1.82) is 0 Å². The Morgan fingerprint density at radius 2 is 2.00 bits per heavy atom. The van der Waals surface area contributed by atoms with Crippen LogP contribution >= 0.6 is 11.8 Å². The molecular weight excluding hydrogens is 214 g/mol. The zero-order valence-corrected chi connectivity index (χ0v) is 12.3. The highest BCUT2D eigenvalue weighted by Crippen LogP contribution is 2.22. The first-order valence-corrected chi connectivity index (χ1v) is 7.23. The molecule has 0 rings (SSSR count). The SMILES string of the molecule is CCC/C=C/S/C(CNC(C)C)=C(\C)CC. The predicted molar refractivity (Wildman–Crippen MR) is 77.8 cm³/mol. The number of nitrogens with one attached hydrogen (secondary N) is 1. The number of hydrogen-bond donors (Lipinski definition) is 1.